The molecule has 1 unspecified atom stereocenters. The van der Waals surface area contributed by atoms with Gasteiger partial charge in [0.05, 0.1) is 0 Å². The number of amides is 1. The molecule has 0 saturated carbocycles. The molecular weight excluding hydrogens is 447 g/mol. The standard InChI is InChI=1S/C15H8F11N3O/c1-3(29-5(13(22)23)2-4(28-29)12(20)21)14(30)27-11-9(18)7(16)6(15(24,25)26)8(17)10(11)19/h2-3,12-13H,1H3,(H,27,30). The molecule has 0 bridgehead atoms. The first-order valence-electron chi connectivity index (χ1n) is 7.58. The first-order chi connectivity index (χ1) is 13.7. The summed E-state index contributed by atoms with van der Waals surface area (Å²) in [6.07, 6.45) is -12.6. The van der Waals surface area contributed by atoms with Crippen LogP contribution in [-0.4, -0.2) is 15.7 Å². The topological polar surface area (TPSA) is 46.9 Å². The average molecular weight is 455 g/mol. The summed E-state index contributed by atoms with van der Waals surface area (Å²) in [5.74, 6) is -12.7. The van der Waals surface area contributed by atoms with Gasteiger partial charge in [0, 0.05) is 0 Å². The van der Waals surface area contributed by atoms with Crippen molar-refractivity contribution in [1.29, 1.82) is 0 Å². The number of nitrogens with zero attached hydrogens (tertiary/aromatic N) is 2. The molecule has 0 aliphatic rings. The largest absolute Gasteiger partial charge is 0.422 e. The summed E-state index contributed by atoms with van der Waals surface area (Å²) >= 11 is 0. The number of nitrogens with one attached hydrogen (secondary N) is 1. The fourth-order valence-electron chi connectivity index (χ4n) is 2.34. The molecule has 1 aromatic heterocycles. The number of alkyl halides is 7. The van der Waals surface area contributed by atoms with Crippen LogP contribution in [0.2, 0.25) is 0 Å². The molecule has 0 aliphatic heterocycles. The van der Waals surface area contributed by atoms with Crippen LogP contribution in [0.5, 0.6) is 0 Å². The third-order valence-corrected chi connectivity index (χ3v) is 3.77. The van der Waals surface area contributed by atoms with Crippen molar-refractivity contribution in [2.45, 2.75) is 32.0 Å². The van der Waals surface area contributed by atoms with E-state index in [1.54, 1.807) is 0 Å². The van der Waals surface area contributed by atoms with Crippen molar-refractivity contribution in [3.05, 3.63) is 46.3 Å². The second kappa shape index (κ2) is 8.10. The Kier molecular flexibility index (Phi) is 6.32. The van der Waals surface area contributed by atoms with Crippen LogP contribution in [0.15, 0.2) is 6.07 Å². The van der Waals surface area contributed by atoms with E-state index >= 15 is 0 Å². The zero-order valence-electron chi connectivity index (χ0n) is 14.3. The van der Waals surface area contributed by atoms with Crippen molar-refractivity contribution in [3.63, 3.8) is 0 Å². The minimum Gasteiger partial charge on any atom is -0.319 e. The van der Waals surface area contributed by atoms with Crippen LogP contribution in [0.25, 0.3) is 0 Å². The zero-order valence-corrected chi connectivity index (χ0v) is 14.3. The lowest BCUT2D eigenvalue weighted by Crippen LogP contribution is -2.28. The van der Waals surface area contributed by atoms with E-state index < -0.39 is 76.9 Å². The van der Waals surface area contributed by atoms with Crippen LogP contribution in [0.1, 0.15) is 42.8 Å². The van der Waals surface area contributed by atoms with Gasteiger partial charge in [-0.1, -0.05) is 0 Å². The minimum atomic E-state index is -5.82. The van der Waals surface area contributed by atoms with E-state index in [1.807, 2.05) is 0 Å². The molecule has 4 nitrogen and oxygen atoms in total. The SMILES string of the molecule is CC(C(=O)Nc1c(F)c(F)c(C(F)(F)F)c(F)c1F)n1nc(C(F)F)cc1C(F)F. The van der Waals surface area contributed by atoms with Crippen LogP contribution in [-0.2, 0) is 11.0 Å². The van der Waals surface area contributed by atoms with Crippen LogP contribution in [0.4, 0.5) is 54.0 Å². The molecule has 0 aliphatic carbocycles. The molecule has 1 N–H and O–H groups in total. The molecule has 1 aromatic carbocycles. The van der Waals surface area contributed by atoms with Gasteiger partial charge in [-0.05, 0) is 13.0 Å². The number of hydrogen-bond donors (Lipinski definition) is 1. The van der Waals surface area contributed by atoms with Crippen LogP contribution in [0, 0.1) is 23.3 Å². The lowest BCUT2D eigenvalue weighted by molar-refractivity contribution is -0.143. The van der Waals surface area contributed by atoms with Gasteiger partial charge in [-0.2, -0.15) is 18.3 Å². The number of anilines is 1. The maximum Gasteiger partial charge on any atom is 0.422 e. The average Bonchev–Trinajstić information content (AvgIpc) is 3.07. The number of carbonyl (C=O) groups excluding carboxylic acids is 1. The fraction of sp³-hybridized carbons (Fsp3) is 0.333. The van der Waals surface area contributed by atoms with Gasteiger partial charge in [0.2, 0.25) is 5.91 Å². The van der Waals surface area contributed by atoms with E-state index in [4.69, 9.17) is 0 Å². The van der Waals surface area contributed by atoms with Gasteiger partial charge in [0.15, 0.2) is 23.3 Å². The summed E-state index contributed by atoms with van der Waals surface area (Å²) in [5.41, 5.74) is -7.24. The Morgan fingerprint density at radius 2 is 1.47 bits per heavy atom. The Hall–Kier alpha value is -2.87. The first-order valence-corrected chi connectivity index (χ1v) is 7.58. The van der Waals surface area contributed by atoms with E-state index in [9.17, 15) is 53.1 Å². The summed E-state index contributed by atoms with van der Waals surface area (Å²) in [4.78, 5) is 12.1. The van der Waals surface area contributed by atoms with E-state index in [0.717, 1.165) is 6.92 Å². The predicted octanol–water partition coefficient (Wildman–Crippen LogP) is 5.53. The van der Waals surface area contributed by atoms with Gasteiger partial charge < -0.3 is 5.32 Å². The molecule has 0 fully saturated rings. The lowest BCUT2D eigenvalue weighted by Gasteiger charge is -2.18. The summed E-state index contributed by atoms with van der Waals surface area (Å²) < 4.78 is 144. The molecule has 0 saturated heterocycles. The van der Waals surface area contributed by atoms with Crippen molar-refractivity contribution in [2.75, 3.05) is 5.32 Å². The smallest absolute Gasteiger partial charge is 0.319 e. The van der Waals surface area contributed by atoms with Crippen LogP contribution >= 0.6 is 0 Å². The normalized spacial score (nSPS) is 13.3. The highest BCUT2D eigenvalue weighted by Crippen LogP contribution is 2.38. The monoisotopic (exact) mass is 455 g/mol. The molecule has 30 heavy (non-hydrogen) atoms. The second-order valence-corrected chi connectivity index (χ2v) is 5.71. The van der Waals surface area contributed by atoms with Gasteiger partial charge in [-0.3, -0.25) is 9.48 Å². The Morgan fingerprint density at radius 3 is 1.87 bits per heavy atom. The highest BCUT2D eigenvalue weighted by atomic mass is 19.4. The summed E-state index contributed by atoms with van der Waals surface area (Å²) in [7, 11) is 0. The molecule has 1 amide bonds. The third kappa shape index (κ3) is 4.18. The van der Waals surface area contributed by atoms with Crippen molar-refractivity contribution in [2.24, 2.45) is 0 Å². The number of hydrogen-bond acceptors (Lipinski definition) is 2. The maximum absolute atomic E-state index is 13.8. The van der Waals surface area contributed by atoms with Gasteiger partial charge in [0.1, 0.15) is 28.7 Å². The molecule has 0 spiro atoms. The second-order valence-electron chi connectivity index (χ2n) is 5.71. The van der Waals surface area contributed by atoms with Crippen molar-refractivity contribution >= 4 is 11.6 Å². The number of carbonyl (C=O) groups is 1. The van der Waals surface area contributed by atoms with Gasteiger partial charge in [-0.25, -0.2) is 35.1 Å². The maximum atomic E-state index is 13.8. The summed E-state index contributed by atoms with van der Waals surface area (Å²) in [6.45, 7) is 0.746. The van der Waals surface area contributed by atoms with Crippen molar-refractivity contribution < 1.29 is 53.1 Å². The number of benzene rings is 1. The summed E-state index contributed by atoms with van der Waals surface area (Å²) in [6, 6.07) is -1.74. The third-order valence-electron chi connectivity index (χ3n) is 3.77. The van der Waals surface area contributed by atoms with E-state index in [1.165, 1.54) is 5.32 Å². The quantitative estimate of drug-likeness (QED) is 0.476. The number of rotatable bonds is 5. The van der Waals surface area contributed by atoms with Crippen LogP contribution in [0.3, 0.4) is 0 Å². The Morgan fingerprint density at radius 1 is 0.967 bits per heavy atom. The van der Waals surface area contributed by atoms with E-state index in [0.29, 0.717) is 0 Å². The Bertz CT molecular complexity index is 939. The predicted molar refractivity (Wildman–Crippen MR) is 76.8 cm³/mol. The van der Waals surface area contributed by atoms with E-state index in [-0.39, 0.29) is 10.7 Å². The minimum absolute atomic E-state index is 0.0636. The van der Waals surface area contributed by atoms with Gasteiger partial charge >= 0.3 is 6.18 Å². The molecule has 1 atom stereocenters. The number of halogens is 11. The van der Waals surface area contributed by atoms with Crippen molar-refractivity contribution in [3.8, 4) is 0 Å². The van der Waals surface area contributed by atoms with Gasteiger partial charge in [-0.15, -0.1) is 0 Å². The highest BCUT2D eigenvalue weighted by Gasteiger charge is 2.42. The molecule has 2 rings (SSSR count). The first kappa shape index (κ1) is 23.4. The molecule has 1 heterocycles. The van der Waals surface area contributed by atoms with E-state index in [2.05, 4.69) is 5.10 Å². The number of aromatic nitrogens is 2. The van der Waals surface area contributed by atoms with Crippen molar-refractivity contribution in [1.82, 2.24) is 9.78 Å². The fourth-order valence-corrected chi connectivity index (χ4v) is 2.34. The van der Waals surface area contributed by atoms with Gasteiger partial charge in [0.25, 0.3) is 12.9 Å². The Labute approximate surface area is 159 Å². The molecule has 15 heteroatoms. The molecule has 0 radical (unpaired) electrons. The van der Waals surface area contributed by atoms with Crippen LogP contribution < -0.4 is 5.32 Å². The zero-order chi connectivity index (χ0) is 23.1. The Balaban J connectivity index is 2.46. The lowest BCUT2D eigenvalue weighted by atomic mass is 10.1. The molecule has 2 aromatic rings. The summed E-state index contributed by atoms with van der Waals surface area (Å²) in [5, 5.41) is 4.27. The molecule has 166 valence electrons. The molecular formula is C15H8F11N3O. The highest BCUT2D eigenvalue weighted by molar-refractivity contribution is 5.93.